The summed E-state index contributed by atoms with van der Waals surface area (Å²) in [5, 5.41) is 13.7. The summed E-state index contributed by atoms with van der Waals surface area (Å²) in [5.74, 6) is -0.193. The van der Waals surface area contributed by atoms with Gasteiger partial charge in [0, 0.05) is 24.3 Å². The highest BCUT2D eigenvalue weighted by Gasteiger charge is 2.13. The molecule has 3 N–H and O–H groups in total. The SMILES string of the molecule is CC(C)CC(CN)Nc1cc(F)cc([N+](=O)[O-])c1. The van der Waals surface area contributed by atoms with Crippen LogP contribution in [0.15, 0.2) is 18.2 Å². The molecular weight excluding hydrogens is 237 g/mol. The Morgan fingerprint density at radius 3 is 2.61 bits per heavy atom. The lowest BCUT2D eigenvalue weighted by atomic mass is 10.0. The smallest absolute Gasteiger partial charge is 0.274 e. The Hall–Kier alpha value is -1.69. The van der Waals surface area contributed by atoms with E-state index in [-0.39, 0.29) is 11.7 Å². The minimum atomic E-state index is -0.632. The zero-order chi connectivity index (χ0) is 13.7. The molecule has 0 heterocycles. The number of hydrogen-bond acceptors (Lipinski definition) is 4. The Balaban J connectivity index is 2.85. The second kappa shape index (κ2) is 6.30. The van der Waals surface area contributed by atoms with Gasteiger partial charge in [0.05, 0.1) is 11.0 Å². The minimum absolute atomic E-state index is 0.0218. The second-order valence-electron chi connectivity index (χ2n) is 4.66. The van der Waals surface area contributed by atoms with Gasteiger partial charge in [-0.25, -0.2) is 4.39 Å². The molecule has 1 rings (SSSR count). The summed E-state index contributed by atoms with van der Waals surface area (Å²) in [4.78, 5) is 10.0. The summed E-state index contributed by atoms with van der Waals surface area (Å²) >= 11 is 0. The molecule has 6 heteroatoms. The van der Waals surface area contributed by atoms with Crippen molar-refractivity contribution < 1.29 is 9.31 Å². The fourth-order valence-corrected chi connectivity index (χ4v) is 1.78. The number of benzene rings is 1. The molecule has 0 aliphatic rings. The fourth-order valence-electron chi connectivity index (χ4n) is 1.78. The van der Waals surface area contributed by atoms with Crippen molar-refractivity contribution in [1.29, 1.82) is 0 Å². The molecule has 100 valence electrons. The largest absolute Gasteiger partial charge is 0.381 e. The van der Waals surface area contributed by atoms with E-state index in [9.17, 15) is 14.5 Å². The first-order chi connectivity index (χ1) is 8.42. The first-order valence-corrected chi connectivity index (χ1v) is 5.84. The van der Waals surface area contributed by atoms with Gasteiger partial charge in [0.1, 0.15) is 5.82 Å². The van der Waals surface area contributed by atoms with Crippen molar-refractivity contribution in [3.63, 3.8) is 0 Å². The molecule has 0 radical (unpaired) electrons. The van der Waals surface area contributed by atoms with E-state index in [2.05, 4.69) is 19.2 Å². The third-order valence-corrected chi connectivity index (χ3v) is 2.50. The van der Waals surface area contributed by atoms with Crippen molar-refractivity contribution in [2.75, 3.05) is 11.9 Å². The number of halogens is 1. The van der Waals surface area contributed by atoms with Gasteiger partial charge >= 0.3 is 0 Å². The summed E-state index contributed by atoms with van der Waals surface area (Å²) in [6, 6.07) is 3.42. The lowest BCUT2D eigenvalue weighted by molar-refractivity contribution is -0.385. The predicted molar refractivity (Wildman–Crippen MR) is 69.0 cm³/mol. The topological polar surface area (TPSA) is 81.2 Å². The van der Waals surface area contributed by atoms with Crippen LogP contribution in [-0.2, 0) is 0 Å². The van der Waals surface area contributed by atoms with Crippen LogP contribution in [0.4, 0.5) is 15.8 Å². The van der Waals surface area contributed by atoms with Gasteiger partial charge in [-0.15, -0.1) is 0 Å². The summed E-state index contributed by atoms with van der Waals surface area (Å²) < 4.78 is 13.2. The zero-order valence-corrected chi connectivity index (χ0v) is 10.5. The second-order valence-corrected chi connectivity index (χ2v) is 4.66. The predicted octanol–water partition coefficient (Wildman–Crippen LogP) is 2.52. The number of nitro benzene ring substituents is 1. The highest BCUT2D eigenvalue weighted by molar-refractivity contribution is 5.52. The van der Waals surface area contributed by atoms with Crippen LogP contribution in [0, 0.1) is 21.8 Å². The molecule has 0 saturated heterocycles. The molecule has 18 heavy (non-hydrogen) atoms. The first kappa shape index (κ1) is 14.4. The van der Waals surface area contributed by atoms with Crippen LogP contribution in [0.2, 0.25) is 0 Å². The molecule has 0 aromatic heterocycles. The molecule has 1 unspecified atom stereocenters. The van der Waals surface area contributed by atoms with Crippen LogP contribution in [0.5, 0.6) is 0 Å². The van der Waals surface area contributed by atoms with E-state index in [1.165, 1.54) is 12.1 Å². The third-order valence-electron chi connectivity index (χ3n) is 2.50. The van der Waals surface area contributed by atoms with Crippen molar-refractivity contribution in [2.45, 2.75) is 26.3 Å². The molecule has 1 atom stereocenters. The Kier molecular flexibility index (Phi) is 5.03. The monoisotopic (exact) mass is 255 g/mol. The van der Waals surface area contributed by atoms with E-state index in [4.69, 9.17) is 5.73 Å². The van der Waals surface area contributed by atoms with Crippen LogP contribution >= 0.6 is 0 Å². The number of nitrogens with zero attached hydrogens (tertiary/aromatic N) is 1. The number of rotatable bonds is 6. The van der Waals surface area contributed by atoms with Crippen molar-refractivity contribution in [3.8, 4) is 0 Å². The molecule has 5 nitrogen and oxygen atoms in total. The van der Waals surface area contributed by atoms with Crippen LogP contribution in [-0.4, -0.2) is 17.5 Å². The Bertz CT molecular complexity index is 424. The summed E-state index contributed by atoms with van der Waals surface area (Å²) in [6.07, 6.45) is 0.820. The molecule has 1 aromatic carbocycles. The number of nitrogens with one attached hydrogen (secondary N) is 1. The quantitative estimate of drug-likeness (QED) is 0.604. The van der Waals surface area contributed by atoms with Crippen molar-refractivity contribution >= 4 is 11.4 Å². The molecule has 1 aromatic rings. The molecule has 0 aliphatic heterocycles. The molecule has 0 fully saturated rings. The highest BCUT2D eigenvalue weighted by atomic mass is 19.1. The van der Waals surface area contributed by atoms with Crippen LogP contribution in [0.25, 0.3) is 0 Å². The number of non-ortho nitro benzene ring substituents is 1. The lowest BCUT2D eigenvalue weighted by Gasteiger charge is -2.19. The van der Waals surface area contributed by atoms with Gasteiger partial charge < -0.3 is 11.1 Å². The summed E-state index contributed by atoms with van der Waals surface area (Å²) in [7, 11) is 0. The third kappa shape index (κ3) is 4.29. The molecular formula is C12H18FN3O2. The number of hydrogen-bond donors (Lipinski definition) is 2. The van der Waals surface area contributed by atoms with Gasteiger partial charge in [-0.3, -0.25) is 10.1 Å². The minimum Gasteiger partial charge on any atom is -0.381 e. The average Bonchev–Trinajstić information content (AvgIpc) is 2.26. The van der Waals surface area contributed by atoms with E-state index in [0.29, 0.717) is 18.2 Å². The van der Waals surface area contributed by atoms with E-state index in [1.807, 2.05) is 0 Å². The zero-order valence-electron chi connectivity index (χ0n) is 10.5. The summed E-state index contributed by atoms with van der Waals surface area (Å²) in [5.41, 5.74) is 5.74. The van der Waals surface area contributed by atoms with Gasteiger partial charge in [-0.05, 0) is 18.4 Å². The average molecular weight is 255 g/mol. The van der Waals surface area contributed by atoms with Crippen molar-refractivity contribution in [3.05, 3.63) is 34.1 Å². The molecule has 0 aliphatic carbocycles. The Labute approximate surface area is 105 Å². The molecule has 0 spiro atoms. The van der Waals surface area contributed by atoms with Crippen LogP contribution in [0.3, 0.4) is 0 Å². The van der Waals surface area contributed by atoms with Crippen molar-refractivity contribution in [1.82, 2.24) is 0 Å². The number of nitrogens with two attached hydrogens (primary N) is 1. The van der Waals surface area contributed by atoms with Gasteiger partial charge in [0.15, 0.2) is 0 Å². The van der Waals surface area contributed by atoms with E-state index < -0.39 is 10.7 Å². The Morgan fingerprint density at radius 2 is 2.11 bits per heavy atom. The fraction of sp³-hybridized carbons (Fsp3) is 0.500. The van der Waals surface area contributed by atoms with E-state index in [1.54, 1.807) is 0 Å². The maximum Gasteiger partial charge on any atom is 0.274 e. The lowest BCUT2D eigenvalue weighted by Crippen LogP contribution is -2.30. The van der Waals surface area contributed by atoms with E-state index in [0.717, 1.165) is 12.5 Å². The van der Waals surface area contributed by atoms with Gasteiger partial charge in [-0.1, -0.05) is 13.8 Å². The first-order valence-electron chi connectivity index (χ1n) is 5.84. The van der Waals surface area contributed by atoms with Crippen LogP contribution < -0.4 is 11.1 Å². The van der Waals surface area contributed by atoms with Crippen molar-refractivity contribution in [2.24, 2.45) is 11.7 Å². The highest BCUT2D eigenvalue weighted by Crippen LogP contribution is 2.21. The summed E-state index contributed by atoms with van der Waals surface area (Å²) in [6.45, 7) is 4.50. The number of anilines is 1. The van der Waals surface area contributed by atoms with Gasteiger partial charge in [0.2, 0.25) is 0 Å². The normalized spacial score (nSPS) is 12.5. The van der Waals surface area contributed by atoms with Gasteiger partial charge in [-0.2, -0.15) is 0 Å². The molecule has 0 amide bonds. The van der Waals surface area contributed by atoms with Gasteiger partial charge in [0.25, 0.3) is 5.69 Å². The Morgan fingerprint density at radius 1 is 1.44 bits per heavy atom. The molecule has 0 bridgehead atoms. The maximum absolute atomic E-state index is 13.2. The molecule has 0 saturated carbocycles. The standard InChI is InChI=1S/C12H18FN3O2/c1-8(2)3-11(7-14)15-10-4-9(13)5-12(6-10)16(17)18/h4-6,8,11,15H,3,7,14H2,1-2H3. The van der Waals surface area contributed by atoms with E-state index >= 15 is 0 Å². The maximum atomic E-state index is 13.2. The number of nitro groups is 1. The van der Waals surface area contributed by atoms with Crippen LogP contribution in [0.1, 0.15) is 20.3 Å².